The SMILES string of the molecule is CC(=O)N1CC(Oc2ccc3c(c2)C(=O)O[C@]32CC[C@H](C(=O)N(C)CCN3CCCCC3)CC2)C1. The lowest BCUT2D eigenvalue weighted by atomic mass is 9.74. The Morgan fingerprint density at radius 1 is 1.14 bits per heavy atom. The zero-order chi connectivity index (χ0) is 24.6. The van der Waals surface area contributed by atoms with Crippen molar-refractivity contribution in [1.29, 1.82) is 0 Å². The second-order valence-electron chi connectivity index (χ2n) is 10.7. The van der Waals surface area contributed by atoms with Crippen molar-refractivity contribution in [1.82, 2.24) is 14.7 Å². The number of hydrogen-bond donors (Lipinski definition) is 0. The van der Waals surface area contributed by atoms with E-state index in [1.807, 2.05) is 24.1 Å². The number of carbonyl (C=O) groups is 3. The minimum atomic E-state index is -0.629. The maximum Gasteiger partial charge on any atom is 0.339 e. The van der Waals surface area contributed by atoms with Gasteiger partial charge in [0.1, 0.15) is 17.5 Å². The molecule has 0 unspecified atom stereocenters. The molecular formula is C27H37N3O5. The maximum atomic E-state index is 13.1. The third-order valence-corrected chi connectivity index (χ3v) is 8.31. The fourth-order valence-corrected chi connectivity index (χ4v) is 6.01. The third-order valence-electron chi connectivity index (χ3n) is 8.31. The summed E-state index contributed by atoms with van der Waals surface area (Å²) in [7, 11) is 1.92. The van der Waals surface area contributed by atoms with Crippen LogP contribution >= 0.6 is 0 Å². The van der Waals surface area contributed by atoms with Crippen LogP contribution in [-0.4, -0.2) is 84.9 Å². The Labute approximate surface area is 207 Å². The number of benzene rings is 1. The van der Waals surface area contributed by atoms with Crippen molar-refractivity contribution in [2.75, 3.05) is 46.3 Å². The molecule has 1 aromatic carbocycles. The maximum absolute atomic E-state index is 13.1. The first-order valence-electron chi connectivity index (χ1n) is 13.1. The molecule has 2 amide bonds. The van der Waals surface area contributed by atoms with Crippen LogP contribution in [0.2, 0.25) is 0 Å². The molecule has 35 heavy (non-hydrogen) atoms. The van der Waals surface area contributed by atoms with Gasteiger partial charge in [0.25, 0.3) is 0 Å². The molecule has 1 spiro atoms. The summed E-state index contributed by atoms with van der Waals surface area (Å²) in [6.07, 6.45) is 6.57. The van der Waals surface area contributed by atoms with Gasteiger partial charge < -0.3 is 24.2 Å². The lowest BCUT2D eigenvalue weighted by molar-refractivity contribution is -0.138. The van der Waals surface area contributed by atoms with Gasteiger partial charge in [0.15, 0.2) is 0 Å². The van der Waals surface area contributed by atoms with E-state index in [1.54, 1.807) is 17.9 Å². The van der Waals surface area contributed by atoms with Crippen LogP contribution < -0.4 is 4.74 Å². The van der Waals surface area contributed by atoms with Crippen LogP contribution in [0, 0.1) is 5.92 Å². The lowest BCUT2D eigenvalue weighted by Gasteiger charge is -2.38. The van der Waals surface area contributed by atoms with Gasteiger partial charge in [0.05, 0.1) is 18.7 Å². The van der Waals surface area contributed by atoms with Gasteiger partial charge in [0.2, 0.25) is 11.8 Å². The van der Waals surface area contributed by atoms with Crippen molar-refractivity contribution in [2.24, 2.45) is 5.92 Å². The van der Waals surface area contributed by atoms with Crippen LogP contribution in [0.25, 0.3) is 0 Å². The summed E-state index contributed by atoms with van der Waals surface area (Å²) < 4.78 is 11.9. The zero-order valence-electron chi connectivity index (χ0n) is 21.0. The van der Waals surface area contributed by atoms with Gasteiger partial charge in [-0.1, -0.05) is 12.5 Å². The van der Waals surface area contributed by atoms with Gasteiger partial charge in [-0.25, -0.2) is 4.79 Å². The Hall–Kier alpha value is -2.61. The molecule has 3 fully saturated rings. The smallest absolute Gasteiger partial charge is 0.339 e. The number of hydrogen-bond acceptors (Lipinski definition) is 6. The molecule has 1 saturated carbocycles. The number of piperidine rings is 1. The Kier molecular flexibility index (Phi) is 6.75. The van der Waals surface area contributed by atoms with Crippen LogP contribution in [0.4, 0.5) is 0 Å². The number of esters is 1. The molecule has 1 aliphatic carbocycles. The summed E-state index contributed by atoms with van der Waals surface area (Å²) in [6.45, 7) is 6.70. The first-order valence-corrected chi connectivity index (χ1v) is 13.1. The first-order chi connectivity index (χ1) is 16.8. The summed E-state index contributed by atoms with van der Waals surface area (Å²) in [5.41, 5.74) is 0.850. The fourth-order valence-electron chi connectivity index (χ4n) is 6.01. The number of likely N-dealkylation sites (tertiary alicyclic amines) is 2. The summed E-state index contributed by atoms with van der Waals surface area (Å²) in [5, 5.41) is 0. The highest BCUT2D eigenvalue weighted by atomic mass is 16.6. The van der Waals surface area contributed by atoms with E-state index in [2.05, 4.69) is 4.90 Å². The van der Waals surface area contributed by atoms with Crippen molar-refractivity contribution in [3.63, 3.8) is 0 Å². The lowest BCUT2D eigenvalue weighted by Crippen LogP contribution is -2.55. The van der Waals surface area contributed by atoms with E-state index in [1.165, 1.54) is 19.3 Å². The Bertz CT molecular complexity index is 975. The molecule has 0 bridgehead atoms. The first kappa shape index (κ1) is 24.1. The average Bonchev–Trinajstić information content (AvgIpc) is 3.10. The summed E-state index contributed by atoms with van der Waals surface area (Å²) in [6, 6.07) is 5.61. The van der Waals surface area contributed by atoms with Gasteiger partial charge >= 0.3 is 5.97 Å². The second kappa shape index (κ2) is 9.80. The second-order valence-corrected chi connectivity index (χ2v) is 10.7. The molecule has 8 heteroatoms. The monoisotopic (exact) mass is 483 g/mol. The van der Waals surface area contributed by atoms with Crippen molar-refractivity contribution in [3.05, 3.63) is 29.3 Å². The van der Waals surface area contributed by atoms with Gasteiger partial charge in [0, 0.05) is 38.5 Å². The minimum Gasteiger partial charge on any atom is -0.487 e. The van der Waals surface area contributed by atoms with E-state index < -0.39 is 5.60 Å². The van der Waals surface area contributed by atoms with E-state index in [4.69, 9.17) is 9.47 Å². The van der Waals surface area contributed by atoms with Crippen molar-refractivity contribution >= 4 is 17.8 Å². The minimum absolute atomic E-state index is 0.0137. The molecule has 0 N–H and O–H groups in total. The molecule has 2 saturated heterocycles. The van der Waals surface area contributed by atoms with E-state index in [-0.39, 0.29) is 29.8 Å². The molecule has 5 rings (SSSR count). The predicted octanol–water partition coefficient (Wildman–Crippen LogP) is 2.80. The summed E-state index contributed by atoms with van der Waals surface area (Å²) >= 11 is 0. The largest absolute Gasteiger partial charge is 0.487 e. The van der Waals surface area contributed by atoms with Gasteiger partial charge in [-0.05, 0) is 63.7 Å². The number of carbonyl (C=O) groups excluding carboxylic acids is 3. The van der Waals surface area contributed by atoms with Crippen molar-refractivity contribution in [3.8, 4) is 5.75 Å². The number of ether oxygens (including phenoxy) is 2. The van der Waals surface area contributed by atoms with E-state index in [9.17, 15) is 14.4 Å². The zero-order valence-corrected chi connectivity index (χ0v) is 21.0. The molecule has 4 aliphatic rings. The molecular weight excluding hydrogens is 446 g/mol. The normalized spacial score (nSPS) is 26.7. The molecule has 1 aromatic rings. The predicted molar refractivity (Wildman–Crippen MR) is 130 cm³/mol. The average molecular weight is 484 g/mol. The highest BCUT2D eigenvalue weighted by Gasteiger charge is 2.49. The summed E-state index contributed by atoms with van der Waals surface area (Å²) in [4.78, 5) is 43.3. The number of likely N-dealkylation sites (N-methyl/N-ethyl adjacent to an activating group) is 1. The van der Waals surface area contributed by atoms with E-state index in [0.717, 1.165) is 44.6 Å². The third kappa shape index (κ3) is 4.90. The standard InChI is InChI=1S/C27H37N3O5/c1-19(31)30-17-22(18-30)34-21-6-7-24-23(16-21)26(33)35-27(24)10-8-20(9-11-27)25(32)28(2)14-15-29-12-4-3-5-13-29/h6-7,16,20,22H,3-5,8-15,17-18H2,1-2H3/t20-,27-. The topological polar surface area (TPSA) is 79.4 Å². The van der Waals surface area contributed by atoms with Crippen LogP contribution in [-0.2, 0) is 19.9 Å². The van der Waals surface area contributed by atoms with Crippen LogP contribution in [0.5, 0.6) is 5.75 Å². The van der Waals surface area contributed by atoms with Gasteiger partial charge in [-0.2, -0.15) is 0 Å². The quantitative estimate of drug-likeness (QED) is 0.579. The van der Waals surface area contributed by atoms with Gasteiger partial charge in [-0.15, -0.1) is 0 Å². The Balaban J connectivity index is 1.16. The Morgan fingerprint density at radius 3 is 2.54 bits per heavy atom. The number of fused-ring (bicyclic) bond motifs is 2. The fraction of sp³-hybridized carbons (Fsp3) is 0.667. The van der Waals surface area contributed by atoms with E-state index in [0.29, 0.717) is 37.2 Å². The van der Waals surface area contributed by atoms with Crippen molar-refractivity contribution in [2.45, 2.75) is 63.6 Å². The van der Waals surface area contributed by atoms with Crippen LogP contribution in [0.1, 0.15) is 67.8 Å². The highest BCUT2D eigenvalue weighted by Crippen LogP contribution is 2.49. The molecule has 190 valence electrons. The Morgan fingerprint density at radius 2 is 1.86 bits per heavy atom. The van der Waals surface area contributed by atoms with Crippen molar-refractivity contribution < 1.29 is 23.9 Å². The molecule has 8 nitrogen and oxygen atoms in total. The highest BCUT2D eigenvalue weighted by molar-refractivity contribution is 5.95. The van der Waals surface area contributed by atoms with E-state index >= 15 is 0 Å². The van der Waals surface area contributed by atoms with Crippen LogP contribution in [0.15, 0.2) is 18.2 Å². The molecule has 3 heterocycles. The molecule has 3 aliphatic heterocycles. The molecule has 0 atom stereocenters. The molecule has 0 aromatic heterocycles. The number of amides is 2. The number of nitrogens with zero attached hydrogens (tertiary/aromatic N) is 3. The summed E-state index contributed by atoms with van der Waals surface area (Å²) in [5.74, 6) is 0.565. The van der Waals surface area contributed by atoms with Gasteiger partial charge in [-0.3, -0.25) is 9.59 Å². The molecule has 0 radical (unpaired) electrons. The number of rotatable bonds is 6. The van der Waals surface area contributed by atoms with Crippen LogP contribution in [0.3, 0.4) is 0 Å².